The van der Waals surface area contributed by atoms with E-state index in [1.165, 1.54) is 11.5 Å². The van der Waals surface area contributed by atoms with Gasteiger partial charge in [0.1, 0.15) is 0 Å². The minimum Gasteiger partial charge on any atom is -0.159 e. The lowest BCUT2D eigenvalue weighted by atomic mass is 10.1. The van der Waals surface area contributed by atoms with Crippen LogP contribution < -0.4 is 0 Å². The Hall–Kier alpha value is -0.920. The Morgan fingerprint density at radius 2 is 2.20 bits per heavy atom. The van der Waals surface area contributed by atoms with Gasteiger partial charge in [0.05, 0.1) is 6.20 Å². The van der Waals surface area contributed by atoms with Gasteiger partial charge in [0, 0.05) is 6.20 Å². The van der Waals surface area contributed by atoms with Gasteiger partial charge >= 0.3 is 0 Å². The first-order chi connectivity index (χ1) is 4.79. The molecule has 1 radical (unpaired) electrons. The highest BCUT2D eigenvalue weighted by Crippen LogP contribution is 2.05. The van der Waals surface area contributed by atoms with Crippen molar-refractivity contribution in [2.75, 3.05) is 0 Å². The maximum absolute atomic E-state index is 3.77. The van der Waals surface area contributed by atoms with Crippen molar-refractivity contribution >= 4 is 0 Å². The zero-order chi connectivity index (χ0) is 7.40. The average molecular weight is 135 g/mol. The third-order valence-corrected chi connectivity index (χ3v) is 1.20. The lowest BCUT2D eigenvalue weighted by Gasteiger charge is -2.00. The van der Waals surface area contributed by atoms with Gasteiger partial charge in [-0.1, -0.05) is 13.8 Å². The molecule has 10 heavy (non-hydrogen) atoms. The first-order valence-electron chi connectivity index (χ1n) is 3.33. The van der Waals surface area contributed by atoms with Crippen molar-refractivity contribution in [3.63, 3.8) is 0 Å². The zero-order valence-electron chi connectivity index (χ0n) is 6.33. The molecule has 0 aliphatic rings. The molecule has 2 heteroatoms. The van der Waals surface area contributed by atoms with Crippen molar-refractivity contribution < 1.29 is 0 Å². The maximum Gasteiger partial charge on any atom is 0.0528 e. The number of hydrogen-bond acceptors (Lipinski definition) is 2. The largest absolute Gasteiger partial charge is 0.159 e. The predicted octanol–water partition coefficient (Wildman–Crippen LogP) is 1.63. The number of rotatable bonds is 2. The third kappa shape index (κ3) is 2.13. The summed E-state index contributed by atoms with van der Waals surface area (Å²) >= 11 is 0. The van der Waals surface area contributed by atoms with Gasteiger partial charge in [-0.3, -0.25) is 0 Å². The molecule has 0 saturated heterocycles. The molecule has 0 aromatic carbocycles. The fraction of sp³-hybridized carbons (Fsp3) is 0.375. The highest BCUT2D eigenvalue weighted by molar-refractivity contribution is 5.10. The van der Waals surface area contributed by atoms with Crippen LogP contribution in [0.15, 0.2) is 18.5 Å². The van der Waals surface area contributed by atoms with Crippen LogP contribution in [0.3, 0.4) is 0 Å². The Bertz CT molecular complexity index is 182. The monoisotopic (exact) mass is 135 g/mol. The van der Waals surface area contributed by atoms with E-state index < -0.39 is 0 Å². The summed E-state index contributed by atoms with van der Waals surface area (Å²) in [7, 11) is 0. The fourth-order valence-electron chi connectivity index (χ4n) is 0.831. The van der Waals surface area contributed by atoms with Crippen molar-refractivity contribution in [2.45, 2.75) is 20.3 Å². The van der Waals surface area contributed by atoms with E-state index in [1.54, 1.807) is 12.4 Å². The van der Waals surface area contributed by atoms with Gasteiger partial charge in [0.15, 0.2) is 0 Å². The van der Waals surface area contributed by atoms with Crippen LogP contribution in [0, 0.1) is 5.92 Å². The third-order valence-electron chi connectivity index (χ3n) is 1.20. The van der Waals surface area contributed by atoms with Crippen LogP contribution in [0.25, 0.3) is 0 Å². The van der Waals surface area contributed by atoms with Crippen LogP contribution in [0.4, 0.5) is 0 Å². The van der Waals surface area contributed by atoms with Crippen LogP contribution in [0.2, 0.25) is 0 Å². The van der Waals surface area contributed by atoms with Crippen LogP contribution in [-0.4, -0.2) is 10.2 Å². The van der Waals surface area contributed by atoms with Crippen LogP contribution in [0.5, 0.6) is 0 Å². The molecule has 53 valence electrons. The van der Waals surface area contributed by atoms with E-state index in [9.17, 15) is 0 Å². The molecule has 0 N–H and O–H groups in total. The molecule has 1 aromatic rings. The predicted molar refractivity (Wildman–Crippen MR) is 40.3 cm³/mol. The molecule has 0 spiro atoms. The average Bonchev–Trinajstić information content (AvgIpc) is 1.88. The smallest absolute Gasteiger partial charge is 0.0528 e. The van der Waals surface area contributed by atoms with Crippen molar-refractivity contribution in [2.24, 2.45) is 0 Å². The molecule has 1 rings (SSSR count). The molecule has 2 nitrogen and oxygen atoms in total. The van der Waals surface area contributed by atoms with E-state index in [0.29, 0.717) is 0 Å². The van der Waals surface area contributed by atoms with Gasteiger partial charge in [-0.25, -0.2) is 0 Å². The minimum absolute atomic E-state index is 1.01. The topological polar surface area (TPSA) is 25.8 Å². The SMILES string of the molecule is C[C](C)Cc1ccnnc1. The summed E-state index contributed by atoms with van der Waals surface area (Å²) in [5, 5.41) is 7.47. The quantitative estimate of drug-likeness (QED) is 0.616. The summed E-state index contributed by atoms with van der Waals surface area (Å²) in [6.45, 7) is 4.22. The van der Waals surface area contributed by atoms with E-state index in [4.69, 9.17) is 0 Å². The van der Waals surface area contributed by atoms with E-state index in [-0.39, 0.29) is 0 Å². The molecule has 0 aliphatic carbocycles. The Kier molecular flexibility index (Phi) is 2.37. The number of nitrogens with zero attached hydrogens (tertiary/aromatic N) is 2. The zero-order valence-corrected chi connectivity index (χ0v) is 6.33. The van der Waals surface area contributed by atoms with Crippen molar-refractivity contribution in [1.29, 1.82) is 0 Å². The van der Waals surface area contributed by atoms with Crippen LogP contribution in [0.1, 0.15) is 19.4 Å². The van der Waals surface area contributed by atoms with Gasteiger partial charge in [0.25, 0.3) is 0 Å². The Morgan fingerprint density at radius 3 is 2.70 bits per heavy atom. The van der Waals surface area contributed by atoms with Gasteiger partial charge in [-0.15, -0.1) is 0 Å². The number of hydrogen-bond donors (Lipinski definition) is 0. The van der Waals surface area contributed by atoms with E-state index in [0.717, 1.165) is 6.42 Å². The molecule has 0 saturated carbocycles. The minimum atomic E-state index is 1.01. The Morgan fingerprint density at radius 1 is 1.40 bits per heavy atom. The fourth-order valence-corrected chi connectivity index (χ4v) is 0.831. The Balaban J connectivity index is 2.59. The summed E-state index contributed by atoms with van der Waals surface area (Å²) < 4.78 is 0. The van der Waals surface area contributed by atoms with E-state index >= 15 is 0 Å². The summed E-state index contributed by atoms with van der Waals surface area (Å²) in [4.78, 5) is 0. The molecule has 0 bridgehead atoms. The highest BCUT2D eigenvalue weighted by atomic mass is 15.1. The molecular formula is C8H11N2. The second-order valence-electron chi connectivity index (χ2n) is 2.63. The second-order valence-corrected chi connectivity index (χ2v) is 2.63. The molecule has 1 aromatic heterocycles. The second kappa shape index (κ2) is 3.30. The first-order valence-corrected chi connectivity index (χ1v) is 3.33. The van der Waals surface area contributed by atoms with Crippen molar-refractivity contribution in [3.05, 3.63) is 29.9 Å². The summed E-state index contributed by atoms with van der Waals surface area (Å²) in [5.41, 5.74) is 1.23. The molecule has 0 atom stereocenters. The van der Waals surface area contributed by atoms with Gasteiger partial charge in [-0.2, -0.15) is 10.2 Å². The standard InChI is InChI=1S/C8H11N2/c1-7(2)5-8-3-4-9-10-6-8/h3-4,6H,5H2,1-2H3. The Labute approximate surface area is 61.3 Å². The van der Waals surface area contributed by atoms with Gasteiger partial charge in [0.2, 0.25) is 0 Å². The molecule has 0 fully saturated rings. The highest BCUT2D eigenvalue weighted by Gasteiger charge is 1.95. The van der Waals surface area contributed by atoms with E-state index in [1.807, 2.05) is 6.07 Å². The summed E-state index contributed by atoms with van der Waals surface area (Å²) in [6.07, 6.45) is 4.53. The molecule has 1 heterocycles. The van der Waals surface area contributed by atoms with Crippen molar-refractivity contribution in [1.82, 2.24) is 10.2 Å². The van der Waals surface area contributed by atoms with Crippen molar-refractivity contribution in [3.8, 4) is 0 Å². The lowest BCUT2D eigenvalue weighted by molar-refractivity contribution is 0.920. The molecule has 0 amide bonds. The number of aromatic nitrogens is 2. The summed E-state index contributed by atoms with van der Waals surface area (Å²) in [6, 6.07) is 1.99. The van der Waals surface area contributed by atoms with Crippen LogP contribution in [-0.2, 0) is 6.42 Å². The molecule has 0 unspecified atom stereocenters. The first kappa shape index (κ1) is 7.19. The lowest BCUT2D eigenvalue weighted by Crippen LogP contribution is -1.92. The maximum atomic E-state index is 3.77. The molecular weight excluding hydrogens is 124 g/mol. The van der Waals surface area contributed by atoms with Crippen LogP contribution >= 0.6 is 0 Å². The molecule has 0 aliphatic heterocycles. The normalized spacial score (nSPS) is 10.3. The van der Waals surface area contributed by atoms with E-state index in [2.05, 4.69) is 24.0 Å². The van der Waals surface area contributed by atoms with Gasteiger partial charge in [-0.05, 0) is 24.0 Å². The summed E-state index contributed by atoms with van der Waals surface area (Å²) in [5.74, 6) is 1.40. The van der Waals surface area contributed by atoms with Gasteiger partial charge < -0.3 is 0 Å².